The van der Waals surface area contributed by atoms with Crippen LogP contribution >= 0.6 is 11.6 Å². The number of anilines is 1. The Morgan fingerprint density at radius 1 is 1.03 bits per heavy atom. The van der Waals surface area contributed by atoms with Crippen LogP contribution in [0.4, 0.5) is 15.5 Å². The van der Waals surface area contributed by atoms with Crippen LogP contribution in [0, 0.1) is 0 Å². The summed E-state index contributed by atoms with van der Waals surface area (Å²) in [5.74, 6) is 0.301. The first kappa shape index (κ1) is 30.1. The SMILES string of the molecule is COc1ccc(Cn2nc(CC(O)CO)c3c(Cl)nc(N(C(=O)OC(C)(C)C)C(=O)OC(C)(C)C)nc32)cc1. The Labute approximate surface area is 231 Å². The molecule has 0 saturated heterocycles. The molecule has 212 valence electrons. The van der Waals surface area contributed by atoms with Crippen molar-refractivity contribution in [2.24, 2.45) is 0 Å². The number of nitrogens with zero attached hydrogens (tertiary/aromatic N) is 5. The minimum atomic E-state index is -1.10. The number of fused-ring (bicyclic) bond motifs is 1. The van der Waals surface area contributed by atoms with Gasteiger partial charge in [-0.2, -0.15) is 15.1 Å². The van der Waals surface area contributed by atoms with Crippen molar-refractivity contribution in [2.75, 3.05) is 18.6 Å². The first-order valence-corrected chi connectivity index (χ1v) is 12.6. The second kappa shape index (κ2) is 11.7. The Bertz CT molecular complexity index is 1300. The van der Waals surface area contributed by atoms with E-state index in [4.69, 9.17) is 25.8 Å². The van der Waals surface area contributed by atoms with Crippen LogP contribution in [0.3, 0.4) is 0 Å². The highest BCUT2D eigenvalue weighted by Crippen LogP contribution is 2.30. The summed E-state index contributed by atoms with van der Waals surface area (Å²) in [6.45, 7) is 9.64. The van der Waals surface area contributed by atoms with Gasteiger partial charge in [0.2, 0.25) is 5.95 Å². The Balaban J connectivity index is 2.18. The topological polar surface area (TPSA) is 149 Å². The molecule has 0 spiro atoms. The van der Waals surface area contributed by atoms with E-state index in [2.05, 4.69) is 15.1 Å². The van der Waals surface area contributed by atoms with Crippen LogP contribution in [-0.4, -0.2) is 73.2 Å². The molecule has 0 bridgehead atoms. The number of benzene rings is 1. The van der Waals surface area contributed by atoms with Gasteiger partial charge in [-0.15, -0.1) is 4.90 Å². The van der Waals surface area contributed by atoms with E-state index < -0.39 is 36.1 Å². The molecular formula is C26H34ClN5O7. The molecule has 2 heterocycles. The number of carbonyl (C=O) groups excluding carboxylic acids is 2. The number of aromatic nitrogens is 4. The fourth-order valence-electron chi connectivity index (χ4n) is 3.49. The number of carbonyl (C=O) groups is 2. The lowest BCUT2D eigenvalue weighted by atomic mass is 10.1. The lowest BCUT2D eigenvalue weighted by molar-refractivity contribution is 0.0427. The van der Waals surface area contributed by atoms with Gasteiger partial charge >= 0.3 is 12.2 Å². The number of ether oxygens (including phenoxy) is 3. The van der Waals surface area contributed by atoms with Crippen LogP contribution in [0.15, 0.2) is 24.3 Å². The van der Waals surface area contributed by atoms with E-state index in [0.29, 0.717) is 21.7 Å². The summed E-state index contributed by atoms with van der Waals surface area (Å²) in [7, 11) is 1.57. The zero-order valence-electron chi connectivity index (χ0n) is 23.1. The number of imide groups is 1. The van der Waals surface area contributed by atoms with Gasteiger partial charge in [0.25, 0.3) is 0 Å². The van der Waals surface area contributed by atoms with Gasteiger partial charge in [-0.1, -0.05) is 23.7 Å². The smallest absolute Gasteiger partial charge is 0.427 e. The predicted octanol–water partition coefficient (Wildman–Crippen LogP) is 4.11. The first-order valence-electron chi connectivity index (χ1n) is 12.2. The van der Waals surface area contributed by atoms with Crippen LogP contribution in [0.1, 0.15) is 52.8 Å². The highest BCUT2D eigenvalue weighted by atomic mass is 35.5. The third-order valence-electron chi connectivity index (χ3n) is 5.09. The number of amides is 2. The monoisotopic (exact) mass is 563 g/mol. The maximum Gasteiger partial charge on any atom is 0.427 e. The number of rotatable bonds is 7. The van der Waals surface area contributed by atoms with Gasteiger partial charge in [-0.05, 0) is 59.2 Å². The summed E-state index contributed by atoms with van der Waals surface area (Å²) >= 11 is 6.57. The molecule has 12 nitrogen and oxygen atoms in total. The van der Waals surface area contributed by atoms with Crippen LogP contribution in [0.5, 0.6) is 5.75 Å². The van der Waals surface area contributed by atoms with E-state index in [9.17, 15) is 19.8 Å². The van der Waals surface area contributed by atoms with Crippen LogP contribution in [-0.2, 0) is 22.4 Å². The van der Waals surface area contributed by atoms with Gasteiger partial charge in [0, 0.05) is 6.42 Å². The van der Waals surface area contributed by atoms with Gasteiger partial charge in [0.1, 0.15) is 22.1 Å². The second-order valence-corrected chi connectivity index (χ2v) is 11.2. The molecule has 0 aliphatic heterocycles. The van der Waals surface area contributed by atoms with E-state index in [1.807, 2.05) is 12.1 Å². The van der Waals surface area contributed by atoms with Crippen molar-refractivity contribution in [2.45, 2.75) is 71.8 Å². The van der Waals surface area contributed by atoms with E-state index in [0.717, 1.165) is 5.56 Å². The zero-order valence-corrected chi connectivity index (χ0v) is 23.8. The molecular weight excluding hydrogens is 530 g/mol. The van der Waals surface area contributed by atoms with Crippen LogP contribution in [0.2, 0.25) is 5.15 Å². The average Bonchev–Trinajstić information content (AvgIpc) is 3.14. The predicted molar refractivity (Wildman–Crippen MR) is 144 cm³/mol. The number of aliphatic hydroxyl groups excluding tert-OH is 2. The Hall–Kier alpha value is -3.48. The molecule has 13 heteroatoms. The maximum absolute atomic E-state index is 13.1. The lowest BCUT2D eigenvalue weighted by Crippen LogP contribution is -2.44. The van der Waals surface area contributed by atoms with Gasteiger partial charge in [0.15, 0.2) is 5.65 Å². The van der Waals surface area contributed by atoms with Crippen molar-refractivity contribution >= 4 is 40.8 Å². The Kier molecular flexibility index (Phi) is 9.04. The molecule has 1 atom stereocenters. The molecule has 0 aliphatic rings. The Morgan fingerprint density at radius 2 is 1.59 bits per heavy atom. The zero-order chi connectivity index (χ0) is 29.1. The minimum absolute atomic E-state index is 0.0348. The van der Waals surface area contributed by atoms with E-state index >= 15 is 0 Å². The number of halogens is 1. The molecule has 1 aromatic carbocycles. The highest BCUT2D eigenvalue weighted by molar-refractivity contribution is 6.34. The quantitative estimate of drug-likeness (QED) is 0.402. The maximum atomic E-state index is 13.1. The van der Waals surface area contributed by atoms with E-state index in [1.165, 1.54) is 4.68 Å². The summed E-state index contributed by atoms with van der Waals surface area (Å²) in [5.41, 5.74) is -0.512. The molecule has 2 amide bonds. The van der Waals surface area contributed by atoms with Crippen molar-refractivity contribution in [1.82, 2.24) is 19.7 Å². The summed E-state index contributed by atoms with van der Waals surface area (Å²) in [6.07, 6.45) is -3.24. The van der Waals surface area contributed by atoms with Gasteiger partial charge < -0.3 is 24.4 Å². The number of aliphatic hydroxyl groups is 2. The van der Waals surface area contributed by atoms with Crippen molar-refractivity contribution in [1.29, 1.82) is 0 Å². The third-order valence-corrected chi connectivity index (χ3v) is 5.37. The third kappa shape index (κ3) is 7.78. The molecule has 0 radical (unpaired) electrons. The van der Waals surface area contributed by atoms with Gasteiger partial charge in [-0.3, -0.25) is 0 Å². The minimum Gasteiger partial charge on any atom is -0.497 e. The summed E-state index contributed by atoms with van der Waals surface area (Å²) in [5, 5.41) is 24.2. The molecule has 2 aromatic heterocycles. The second-order valence-electron chi connectivity index (χ2n) is 10.8. The lowest BCUT2D eigenvalue weighted by Gasteiger charge is -2.27. The van der Waals surface area contributed by atoms with Crippen molar-refractivity contribution in [3.63, 3.8) is 0 Å². The van der Waals surface area contributed by atoms with Gasteiger partial charge in [-0.25, -0.2) is 14.3 Å². The summed E-state index contributed by atoms with van der Waals surface area (Å²) < 4.78 is 17.6. The number of hydrogen-bond acceptors (Lipinski definition) is 10. The molecule has 3 rings (SSSR count). The fraction of sp³-hybridized carbons (Fsp3) is 0.500. The highest BCUT2D eigenvalue weighted by Gasteiger charge is 2.36. The Morgan fingerprint density at radius 3 is 2.08 bits per heavy atom. The molecule has 3 aromatic rings. The molecule has 39 heavy (non-hydrogen) atoms. The van der Waals surface area contributed by atoms with E-state index in [-0.39, 0.29) is 29.7 Å². The largest absolute Gasteiger partial charge is 0.497 e. The summed E-state index contributed by atoms with van der Waals surface area (Å²) in [4.78, 5) is 35.6. The van der Waals surface area contributed by atoms with Crippen LogP contribution in [0.25, 0.3) is 11.0 Å². The van der Waals surface area contributed by atoms with E-state index in [1.54, 1.807) is 60.8 Å². The normalized spacial score (nSPS) is 12.8. The van der Waals surface area contributed by atoms with Crippen molar-refractivity contribution in [3.8, 4) is 5.75 Å². The fourth-order valence-corrected chi connectivity index (χ4v) is 3.76. The molecule has 0 aliphatic carbocycles. The number of hydrogen-bond donors (Lipinski definition) is 2. The molecule has 1 unspecified atom stereocenters. The summed E-state index contributed by atoms with van der Waals surface area (Å²) in [6, 6.07) is 7.26. The van der Waals surface area contributed by atoms with Crippen molar-refractivity contribution < 1.29 is 34.0 Å². The first-order chi connectivity index (χ1) is 18.1. The standard InChI is InChI=1S/C26H34ClN5O7/c1-25(2,3)38-23(35)32(24(36)39-26(4,5)6)22-28-20(27)19-18(12-16(34)14-33)30-31(21(19)29-22)13-15-8-10-17(37-7)11-9-15/h8-11,16,33-34H,12-14H2,1-7H3. The van der Waals surface area contributed by atoms with Gasteiger partial charge in [0.05, 0.1) is 37.4 Å². The molecule has 0 saturated carbocycles. The van der Waals surface area contributed by atoms with Crippen molar-refractivity contribution in [3.05, 3.63) is 40.7 Å². The average molecular weight is 564 g/mol. The molecule has 2 N–H and O–H groups in total. The number of methoxy groups -OCH3 is 1. The van der Waals surface area contributed by atoms with Crippen LogP contribution < -0.4 is 9.64 Å². The molecule has 0 fully saturated rings.